The van der Waals surface area contributed by atoms with Gasteiger partial charge in [0, 0.05) is 25.8 Å². The molecule has 22 heavy (non-hydrogen) atoms. The third kappa shape index (κ3) is 2.99. The van der Waals surface area contributed by atoms with E-state index in [4.69, 9.17) is 0 Å². The molecule has 0 atom stereocenters. The van der Waals surface area contributed by atoms with Crippen LogP contribution in [0.1, 0.15) is 52.5 Å². The van der Waals surface area contributed by atoms with Crippen molar-refractivity contribution in [2.75, 3.05) is 0 Å². The summed E-state index contributed by atoms with van der Waals surface area (Å²) in [6, 6.07) is 6.35. The van der Waals surface area contributed by atoms with Gasteiger partial charge in [-0.3, -0.25) is 4.79 Å². The maximum atomic E-state index is 12.4. The maximum Gasteiger partial charge on any atom is 0.254 e. The largest absolute Gasteiger partial charge is 0.348 e. The summed E-state index contributed by atoms with van der Waals surface area (Å²) in [6.07, 6.45) is 3.07. The molecule has 1 aromatic heterocycles. The topological polar surface area (TPSA) is 66.9 Å². The van der Waals surface area contributed by atoms with Gasteiger partial charge >= 0.3 is 0 Å². The molecule has 2 aromatic rings. The molecule has 0 radical (unpaired) electrons. The van der Waals surface area contributed by atoms with E-state index >= 15 is 0 Å². The fourth-order valence-corrected chi connectivity index (χ4v) is 2.71. The van der Waals surface area contributed by atoms with Gasteiger partial charge < -0.3 is 10.6 Å². The molecule has 0 saturated carbocycles. The quantitative estimate of drug-likeness (QED) is 0.907. The number of nitrogens with one attached hydrogen (secondary N) is 2. The Morgan fingerprint density at radius 1 is 1.32 bits per heavy atom. The van der Waals surface area contributed by atoms with E-state index < -0.39 is 0 Å². The van der Waals surface area contributed by atoms with Crippen molar-refractivity contribution in [3.05, 3.63) is 58.7 Å². The minimum atomic E-state index is -0.122. The van der Waals surface area contributed by atoms with Crippen molar-refractivity contribution in [3.8, 4) is 0 Å². The molecule has 2 N–H and O–H groups in total. The second-order valence-corrected chi connectivity index (χ2v) is 5.87. The molecule has 1 aliphatic heterocycles. The van der Waals surface area contributed by atoms with Gasteiger partial charge in [-0.05, 0) is 22.6 Å². The normalized spacial score (nSPS) is 13.2. The van der Waals surface area contributed by atoms with Gasteiger partial charge in [-0.15, -0.1) is 0 Å². The Labute approximate surface area is 130 Å². The maximum absolute atomic E-state index is 12.4. The van der Waals surface area contributed by atoms with Crippen LogP contribution in [0.2, 0.25) is 0 Å². The smallest absolute Gasteiger partial charge is 0.254 e. The number of nitrogens with zero attached hydrogens (tertiary/aromatic N) is 2. The summed E-state index contributed by atoms with van der Waals surface area (Å²) < 4.78 is 0. The van der Waals surface area contributed by atoms with Crippen molar-refractivity contribution >= 4 is 5.91 Å². The zero-order chi connectivity index (χ0) is 15.5. The van der Waals surface area contributed by atoms with Crippen LogP contribution in [0.15, 0.2) is 30.7 Å². The van der Waals surface area contributed by atoms with Gasteiger partial charge in [0.25, 0.3) is 5.91 Å². The number of amides is 1. The number of carbonyl (C=O) groups is 1. The van der Waals surface area contributed by atoms with Gasteiger partial charge in [0.2, 0.25) is 0 Å². The average molecular weight is 296 g/mol. The van der Waals surface area contributed by atoms with Gasteiger partial charge in [0.05, 0.1) is 11.3 Å². The average Bonchev–Trinajstić information content (AvgIpc) is 3.00. The third-order valence-electron chi connectivity index (χ3n) is 3.89. The second kappa shape index (κ2) is 6.23. The molecular weight excluding hydrogens is 276 g/mol. The van der Waals surface area contributed by atoms with E-state index in [-0.39, 0.29) is 11.8 Å². The van der Waals surface area contributed by atoms with Crippen LogP contribution in [0, 0.1) is 0 Å². The highest BCUT2D eigenvalue weighted by molar-refractivity contribution is 5.95. The molecule has 0 unspecified atom stereocenters. The molecule has 1 aromatic carbocycles. The third-order valence-corrected chi connectivity index (χ3v) is 3.89. The van der Waals surface area contributed by atoms with Crippen molar-refractivity contribution in [1.82, 2.24) is 20.6 Å². The van der Waals surface area contributed by atoms with Crippen molar-refractivity contribution in [1.29, 1.82) is 0 Å². The Bertz CT molecular complexity index is 697. The molecule has 5 nitrogen and oxygen atoms in total. The molecule has 5 heteroatoms. The van der Waals surface area contributed by atoms with Crippen molar-refractivity contribution < 1.29 is 4.79 Å². The number of hydrogen-bond acceptors (Lipinski definition) is 4. The first-order valence-electron chi connectivity index (χ1n) is 7.54. The van der Waals surface area contributed by atoms with Crippen LogP contribution in [0.4, 0.5) is 0 Å². The van der Waals surface area contributed by atoms with Crippen LogP contribution in [-0.4, -0.2) is 15.9 Å². The van der Waals surface area contributed by atoms with E-state index in [9.17, 15) is 4.79 Å². The van der Waals surface area contributed by atoms with Gasteiger partial charge in [-0.2, -0.15) is 0 Å². The van der Waals surface area contributed by atoms with E-state index in [1.165, 1.54) is 17.5 Å². The van der Waals surface area contributed by atoms with Gasteiger partial charge in [0.1, 0.15) is 6.33 Å². The van der Waals surface area contributed by atoms with Gasteiger partial charge in [-0.25, -0.2) is 9.97 Å². The Hall–Kier alpha value is -2.27. The summed E-state index contributed by atoms with van der Waals surface area (Å²) in [5, 5.41) is 6.28. The first kappa shape index (κ1) is 14.7. The van der Waals surface area contributed by atoms with Crippen molar-refractivity contribution in [3.63, 3.8) is 0 Å². The van der Waals surface area contributed by atoms with Crippen molar-refractivity contribution in [2.45, 2.75) is 39.4 Å². The molecule has 3 rings (SSSR count). The Kier molecular flexibility index (Phi) is 4.15. The van der Waals surface area contributed by atoms with Crippen LogP contribution in [0.3, 0.4) is 0 Å². The molecule has 1 amide bonds. The number of hydrogen-bond donors (Lipinski definition) is 2. The molecule has 0 bridgehead atoms. The molecule has 2 heterocycles. The SMILES string of the molecule is CC(C)c1ncncc1C(=O)NCc1ccc2c(c1)CNC2. The first-order chi connectivity index (χ1) is 10.6. The minimum Gasteiger partial charge on any atom is -0.348 e. The Balaban J connectivity index is 1.70. The van der Waals surface area contributed by atoms with Crippen LogP contribution >= 0.6 is 0 Å². The fourth-order valence-electron chi connectivity index (χ4n) is 2.71. The summed E-state index contributed by atoms with van der Waals surface area (Å²) in [6.45, 7) is 6.39. The summed E-state index contributed by atoms with van der Waals surface area (Å²) in [7, 11) is 0. The van der Waals surface area contributed by atoms with Crippen LogP contribution in [0.25, 0.3) is 0 Å². The number of carbonyl (C=O) groups excluding carboxylic acids is 1. The number of rotatable bonds is 4. The molecule has 0 saturated heterocycles. The van der Waals surface area contributed by atoms with Crippen LogP contribution in [-0.2, 0) is 19.6 Å². The van der Waals surface area contributed by atoms with E-state index in [1.807, 2.05) is 13.8 Å². The predicted molar refractivity (Wildman–Crippen MR) is 84.3 cm³/mol. The lowest BCUT2D eigenvalue weighted by Crippen LogP contribution is -2.25. The summed E-state index contributed by atoms with van der Waals surface area (Å²) >= 11 is 0. The van der Waals surface area contributed by atoms with Crippen LogP contribution in [0.5, 0.6) is 0 Å². The predicted octanol–water partition coefficient (Wildman–Crippen LogP) is 2.13. The lowest BCUT2D eigenvalue weighted by molar-refractivity contribution is 0.0948. The summed E-state index contributed by atoms with van der Waals surface area (Å²) in [4.78, 5) is 20.6. The number of fused-ring (bicyclic) bond motifs is 1. The molecule has 1 aliphatic rings. The van der Waals surface area contributed by atoms with E-state index in [0.717, 1.165) is 24.3 Å². The fraction of sp³-hybridized carbons (Fsp3) is 0.353. The summed E-state index contributed by atoms with van der Waals surface area (Å²) in [5.41, 5.74) is 5.11. The molecule has 0 fully saturated rings. The second-order valence-electron chi connectivity index (χ2n) is 5.87. The first-order valence-corrected chi connectivity index (χ1v) is 7.54. The standard InChI is InChI=1S/C17H20N4O/c1-11(2)16-15(9-19-10-21-16)17(22)20-6-12-3-4-13-7-18-8-14(13)5-12/h3-5,9-11,18H,6-8H2,1-2H3,(H,20,22). The Morgan fingerprint density at radius 2 is 2.14 bits per heavy atom. The molecular formula is C17H20N4O. The highest BCUT2D eigenvalue weighted by Gasteiger charge is 2.15. The highest BCUT2D eigenvalue weighted by atomic mass is 16.1. The molecule has 0 spiro atoms. The zero-order valence-corrected chi connectivity index (χ0v) is 12.9. The van der Waals surface area contributed by atoms with Gasteiger partial charge in [-0.1, -0.05) is 32.0 Å². The molecule has 0 aliphatic carbocycles. The zero-order valence-electron chi connectivity index (χ0n) is 12.9. The lowest BCUT2D eigenvalue weighted by atomic mass is 10.0. The molecule has 114 valence electrons. The number of aromatic nitrogens is 2. The van der Waals surface area contributed by atoms with Crippen LogP contribution < -0.4 is 10.6 Å². The minimum absolute atomic E-state index is 0.122. The van der Waals surface area contributed by atoms with E-state index in [2.05, 4.69) is 38.8 Å². The summed E-state index contributed by atoms with van der Waals surface area (Å²) in [5.74, 6) is 0.0674. The van der Waals surface area contributed by atoms with E-state index in [1.54, 1.807) is 6.20 Å². The van der Waals surface area contributed by atoms with Gasteiger partial charge in [0.15, 0.2) is 0 Å². The Morgan fingerprint density at radius 3 is 2.95 bits per heavy atom. The number of benzene rings is 1. The highest BCUT2D eigenvalue weighted by Crippen LogP contribution is 2.18. The van der Waals surface area contributed by atoms with E-state index in [0.29, 0.717) is 12.1 Å². The monoisotopic (exact) mass is 296 g/mol. The lowest BCUT2D eigenvalue weighted by Gasteiger charge is -2.11. The van der Waals surface area contributed by atoms with Crippen molar-refractivity contribution in [2.24, 2.45) is 0 Å².